The minimum Gasteiger partial charge on any atom is -0.454 e. The van der Waals surface area contributed by atoms with E-state index in [4.69, 9.17) is 21.1 Å². The van der Waals surface area contributed by atoms with Crippen molar-refractivity contribution in [2.75, 3.05) is 13.3 Å². The number of aliphatic hydroxyl groups excluding tert-OH is 1. The van der Waals surface area contributed by atoms with Crippen LogP contribution in [-0.4, -0.2) is 24.4 Å². The highest BCUT2D eigenvalue weighted by atomic mass is 35.5. The highest BCUT2D eigenvalue weighted by molar-refractivity contribution is 6.30. The number of hydrogen-bond donors (Lipinski definition) is 2. The lowest BCUT2D eigenvalue weighted by molar-refractivity contribution is 0.0916. The van der Waals surface area contributed by atoms with Crippen LogP contribution in [0.3, 0.4) is 0 Å². The Morgan fingerprint density at radius 3 is 2.86 bits per heavy atom. The molecule has 1 unspecified atom stereocenters. The van der Waals surface area contributed by atoms with Crippen molar-refractivity contribution in [3.63, 3.8) is 0 Å². The average molecular weight is 320 g/mol. The van der Waals surface area contributed by atoms with Gasteiger partial charge in [-0.05, 0) is 35.9 Å². The predicted octanol–water partition coefficient (Wildman–Crippen LogP) is 2.53. The molecule has 22 heavy (non-hydrogen) atoms. The van der Waals surface area contributed by atoms with E-state index in [2.05, 4.69) is 5.32 Å². The molecule has 0 radical (unpaired) electrons. The van der Waals surface area contributed by atoms with Gasteiger partial charge in [0.2, 0.25) is 6.79 Å². The zero-order chi connectivity index (χ0) is 15.5. The minimum atomic E-state index is -0.823. The number of carbonyl (C=O) groups excluding carboxylic acids is 1. The molecule has 2 aromatic carbocycles. The fourth-order valence-electron chi connectivity index (χ4n) is 2.16. The largest absolute Gasteiger partial charge is 0.454 e. The smallest absolute Gasteiger partial charge is 0.251 e. The molecular weight excluding hydrogens is 306 g/mol. The Bertz CT molecular complexity index is 704. The van der Waals surface area contributed by atoms with Crippen LogP contribution < -0.4 is 14.8 Å². The van der Waals surface area contributed by atoms with Crippen LogP contribution in [0, 0.1) is 0 Å². The summed E-state index contributed by atoms with van der Waals surface area (Å²) in [7, 11) is 0. The third-order valence-corrected chi connectivity index (χ3v) is 3.56. The average Bonchev–Trinajstić information content (AvgIpc) is 2.99. The van der Waals surface area contributed by atoms with Gasteiger partial charge < -0.3 is 19.9 Å². The Hall–Kier alpha value is -2.24. The summed E-state index contributed by atoms with van der Waals surface area (Å²) in [4.78, 5) is 12.1. The molecule has 1 atom stereocenters. The Morgan fingerprint density at radius 1 is 1.23 bits per heavy atom. The molecule has 6 heteroatoms. The molecule has 114 valence electrons. The number of hydrogen-bond acceptors (Lipinski definition) is 4. The van der Waals surface area contributed by atoms with Crippen LogP contribution >= 0.6 is 11.6 Å². The first-order valence-electron chi connectivity index (χ1n) is 6.75. The molecule has 2 aromatic rings. The van der Waals surface area contributed by atoms with Crippen molar-refractivity contribution < 1.29 is 19.4 Å². The molecule has 0 saturated carbocycles. The van der Waals surface area contributed by atoms with Crippen LogP contribution in [0.2, 0.25) is 5.02 Å². The Morgan fingerprint density at radius 2 is 2.05 bits per heavy atom. The molecule has 0 spiro atoms. The second-order valence-electron chi connectivity index (χ2n) is 4.85. The van der Waals surface area contributed by atoms with Crippen molar-refractivity contribution in [1.29, 1.82) is 0 Å². The summed E-state index contributed by atoms with van der Waals surface area (Å²) in [5, 5.41) is 13.3. The summed E-state index contributed by atoms with van der Waals surface area (Å²) < 4.78 is 10.4. The van der Waals surface area contributed by atoms with E-state index < -0.39 is 6.10 Å². The van der Waals surface area contributed by atoms with E-state index >= 15 is 0 Å². The number of halogens is 1. The number of ether oxygens (including phenoxy) is 2. The van der Waals surface area contributed by atoms with E-state index in [0.717, 1.165) is 0 Å². The lowest BCUT2D eigenvalue weighted by Crippen LogP contribution is -2.28. The summed E-state index contributed by atoms with van der Waals surface area (Å²) >= 11 is 5.88. The van der Waals surface area contributed by atoms with Crippen molar-refractivity contribution in [2.45, 2.75) is 6.10 Å². The highest BCUT2D eigenvalue weighted by Gasteiger charge is 2.17. The molecule has 0 saturated heterocycles. The van der Waals surface area contributed by atoms with E-state index in [9.17, 15) is 9.90 Å². The maximum atomic E-state index is 12.1. The van der Waals surface area contributed by atoms with Crippen LogP contribution in [-0.2, 0) is 0 Å². The van der Waals surface area contributed by atoms with Crippen LogP contribution in [0.5, 0.6) is 11.5 Å². The number of fused-ring (bicyclic) bond motifs is 1. The molecule has 0 fully saturated rings. The van der Waals surface area contributed by atoms with Gasteiger partial charge in [0, 0.05) is 17.1 Å². The molecule has 0 aliphatic carbocycles. The minimum absolute atomic E-state index is 0.0909. The van der Waals surface area contributed by atoms with Crippen LogP contribution in [0.1, 0.15) is 22.0 Å². The maximum Gasteiger partial charge on any atom is 0.251 e. The van der Waals surface area contributed by atoms with Crippen LogP contribution in [0.25, 0.3) is 0 Å². The quantitative estimate of drug-likeness (QED) is 0.908. The first kappa shape index (κ1) is 14.7. The summed E-state index contributed by atoms with van der Waals surface area (Å²) in [5.74, 6) is 0.873. The Kier molecular flexibility index (Phi) is 4.18. The SMILES string of the molecule is O=C(NCC(O)c1cccc(Cl)c1)c1ccc2c(c1)OCO2. The fraction of sp³-hybridized carbons (Fsp3) is 0.188. The Labute approximate surface area is 132 Å². The monoisotopic (exact) mass is 319 g/mol. The van der Waals surface area contributed by atoms with E-state index in [-0.39, 0.29) is 19.2 Å². The number of aliphatic hydroxyl groups is 1. The number of benzene rings is 2. The van der Waals surface area contributed by atoms with Gasteiger partial charge in [-0.1, -0.05) is 23.7 Å². The van der Waals surface area contributed by atoms with Crippen molar-refractivity contribution >= 4 is 17.5 Å². The third kappa shape index (κ3) is 3.16. The van der Waals surface area contributed by atoms with Gasteiger partial charge >= 0.3 is 0 Å². The van der Waals surface area contributed by atoms with Crippen LogP contribution in [0.15, 0.2) is 42.5 Å². The topological polar surface area (TPSA) is 67.8 Å². The predicted molar refractivity (Wildman–Crippen MR) is 81.3 cm³/mol. The van der Waals surface area contributed by atoms with E-state index in [1.54, 1.807) is 42.5 Å². The van der Waals surface area contributed by atoms with Gasteiger partial charge in [0.05, 0.1) is 6.10 Å². The third-order valence-electron chi connectivity index (χ3n) is 3.32. The van der Waals surface area contributed by atoms with Crippen molar-refractivity contribution in [3.8, 4) is 11.5 Å². The van der Waals surface area contributed by atoms with E-state index in [1.165, 1.54) is 0 Å². The molecule has 3 rings (SSSR count). The van der Waals surface area contributed by atoms with Gasteiger partial charge in [-0.2, -0.15) is 0 Å². The zero-order valence-corrected chi connectivity index (χ0v) is 12.3. The summed E-state index contributed by atoms with van der Waals surface area (Å²) in [5.41, 5.74) is 1.10. The van der Waals surface area contributed by atoms with Crippen LogP contribution in [0.4, 0.5) is 0 Å². The molecule has 2 N–H and O–H groups in total. The van der Waals surface area contributed by atoms with Gasteiger partial charge in [0.1, 0.15) is 0 Å². The molecule has 0 bridgehead atoms. The summed E-state index contributed by atoms with van der Waals surface area (Å²) in [6.07, 6.45) is -0.823. The standard InChI is InChI=1S/C16H14ClNO4/c17-12-3-1-2-10(6-12)13(19)8-18-16(20)11-4-5-14-15(7-11)22-9-21-14/h1-7,13,19H,8-9H2,(H,18,20). The first-order valence-corrected chi connectivity index (χ1v) is 7.12. The lowest BCUT2D eigenvalue weighted by atomic mass is 10.1. The fourth-order valence-corrected chi connectivity index (χ4v) is 2.36. The zero-order valence-electron chi connectivity index (χ0n) is 11.6. The van der Waals surface area contributed by atoms with Crippen molar-refractivity contribution in [3.05, 3.63) is 58.6 Å². The number of carbonyl (C=O) groups is 1. The number of rotatable bonds is 4. The molecule has 0 aromatic heterocycles. The highest BCUT2D eigenvalue weighted by Crippen LogP contribution is 2.32. The molecule has 1 aliphatic rings. The number of amides is 1. The van der Waals surface area contributed by atoms with Gasteiger partial charge in [-0.15, -0.1) is 0 Å². The van der Waals surface area contributed by atoms with Gasteiger partial charge in [-0.25, -0.2) is 0 Å². The first-order chi connectivity index (χ1) is 10.6. The molecular formula is C16H14ClNO4. The summed E-state index contributed by atoms with van der Waals surface area (Å²) in [6.45, 7) is 0.251. The lowest BCUT2D eigenvalue weighted by Gasteiger charge is -2.12. The van der Waals surface area contributed by atoms with Gasteiger partial charge in [0.15, 0.2) is 11.5 Å². The normalized spacial score (nSPS) is 13.7. The molecule has 1 amide bonds. The maximum absolute atomic E-state index is 12.1. The van der Waals surface area contributed by atoms with Gasteiger partial charge in [0.25, 0.3) is 5.91 Å². The van der Waals surface area contributed by atoms with E-state index in [0.29, 0.717) is 27.6 Å². The van der Waals surface area contributed by atoms with E-state index in [1.807, 2.05) is 0 Å². The summed E-state index contributed by atoms with van der Waals surface area (Å²) in [6, 6.07) is 11.8. The van der Waals surface area contributed by atoms with Crippen molar-refractivity contribution in [2.24, 2.45) is 0 Å². The number of nitrogens with one attached hydrogen (secondary N) is 1. The Balaban J connectivity index is 1.62. The second-order valence-corrected chi connectivity index (χ2v) is 5.29. The van der Waals surface area contributed by atoms with Crippen molar-refractivity contribution in [1.82, 2.24) is 5.32 Å². The molecule has 5 nitrogen and oxygen atoms in total. The van der Waals surface area contributed by atoms with Gasteiger partial charge in [-0.3, -0.25) is 4.79 Å². The second kappa shape index (κ2) is 6.25. The molecule has 1 heterocycles. The molecule has 1 aliphatic heterocycles.